The van der Waals surface area contributed by atoms with Crippen molar-refractivity contribution >= 4 is 28.8 Å². The molecule has 24 heavy (non-hydrogen) atoms. The number of hydrogen-bond donors (Lipinski definition) is 1. The summed E-state index contributed by atoms with van der Waals surface area (Å²) in [4.78, 5) is 0. The van der Waals surface area contributed by atoms with Gasteiger partial charge >= 0.3 is 0 Å². The van der Waals surface area contributed by atoms with Crippen molar-refractivity contribution in [2.75, 3.05) is 6.61 Å². The molecule has 3 nitrogen and oxygen atoms in total. The third kappa shape index (κ3) is 3.34. The summed E-state index contributed by atoms with van der Waals surface area (Å²) in [6.07, 6.45) is 1.10. The van der Waals surface area contributed by atoms with Crippen LogP contribution in [0.25, 0.3) is 5.57 Å². The Bertz CT molecular complexity index is 787. The zero-order valence-electron chi connectivity index (χ0n) is 12.8. The van der Waals surface area contributed by atoms with Crippen LogP contribution in [0, 0.1) is 0 Å². The van der Waals surface area contributed by atoms with Crippen molar-refractivity contribution in [3.8, 4) is 0 Å². The van der Waals surface area contributed by atoms with Gasteiger partial charge in [0.25, 0.3) is 6.43 Å². The summed E-state index contributed by atoms with van der Waals surface area (Å²) >= 11 is 12.1. The molecule has 1 aromatic heterocycles. The van der Waals surface area contributed by atoms with Crippen LogP contribution in [0.2, 0.25) is 10.0 Å². The molecular formula is C17H16Cl2F2N2O. The second-order valence-corrected chi connectivity index (χ2v) is 6.52. The Morgan fingerprint density at radius 3 is 2.75 bits per heavy atom. The molecule has 0 amide bonds. The van der Waals surface area contributed by atoms with E-state index in [4.69, 9.17) is 23.2 Å². The highest BCUT2D eigenvalue weighted by molar-refractivity contribution is 6.35. The van der Waals surface area contributed by atoms with Crippen molar-refractivity contribution in [2.45, 2.75) is 32.2 Å². The van der Waals surface area contributed by atoms with E-state index >= 15 is 0 Å². The molecule has 0 radical (unpaired) electrons. The second kappa shape index (κ2) is 7.21. The number of rotatable bonds is 4. The van der Waals surface area contributed by atoms with Gasteiger partial charge in [0.05, 0.1) is 18.8 Å². The number of allylic oxidation sites excluding steroid dienone is 1. The highest BCUT2D eigenvalue weighted by Gasteiger charge is 2.28. The van der Waals surface area contributed by atoms with Crippen LogP contribution in [-0.4, -0.2) is 21.5 Å². The molecule has 0 atom stereocenters. The van der Waals surface area contributed by atoms with Crippen LogP contribution in [0.4, 0.5) is 8.78 Å². The minimum absolute atomic E-state index is 0.133. The molecule has 1 aliphatic rings. The van der Waals surface area contributed by atoms with Gasteiger partial charge < -0.3 is 5.11 Å². The number of benzene rings is 1. The Morgan fingerprint density at radius 2 is 2.08 bits per heavy atom. The number of nitrogens with zero attached hydrogens (tertiary/aromatic N) is 2. The second-order valence-electron chi connectivity index (χ2n) is 5.67. The van der Waals surface area contributed by atoms with Gasteiger partial charge in [0.1, 0.15) is 5.69 Å². The maximum Gasteiger partial charge on any atom is 0.282 e. The Kier molecular flexibility index (Phi) is 5.23. The number of hydrogen-bond acceptors (Lipinski definition) is 2. The predicted octanol–water partition coefficient (Wildman–Crippen LogP) is 4.89. The average molecular weight is 373 g/mol. The van der Waals surface area contributed by atoms with E-state index in [0.29, 0.717) is 27.7 Å². The molecule has 0 saturated carbocycles. The summed E-state index contributed by atoms with van der Waals surface area (Å²) in [6.45, 7) is 0.138. The molecule has 3 rings (SSSR count). The SMILES string of the molecule is OC/C=C1\CCCc2c(C(F)F)nn(Cc3ccc(Cl)cc3Cl)c21. The summed E-state index contributed by atoms with van der Waals surface area (Å²) in [5.74, 6) is 0. The topological polar surface area (TPSA) is 38.1 Å². The molecule has 0 spiro atoms. The first-order valence-corrected chi connectivity index (χ1v) is 8.38. The third-order valence-electron chi connectivity index (χ3n) is 4.14. The molecular weight excluding hydrogens is 357 g/mol. The lowest BCUT2D eigenvalue weighted by atomic mass is 9.91. The Balaban J connectivity index is 2.09. The molecule has 1 aromatic carbocycles. The van der Waals surface area contributed by atoms with Crippen molar-refractivity contribution in [1.29, 1.82) is 0 Å². The normalized spacial score (nSPS) is 16.0. The molecule has 1 aliphatic carbocycles. The highest BCUT2D eigenvalue weighted by Crippen LogP contribution is 2.37. The van der Waals surface area contributed by atoms with Gasteiger partial charge in [-0.2, -0.15) is 5.10 Å². The highest BCUT2D eigenvalue weighted by atomic mass is 35.5. The fraction of sp³-hybridized carbons (Fsp3) is 0.353. The van der Waals surface area contributed by atoms with E-state index in [-0.39, 0.29) is 18.8 Å². The van der Waals surface area contributed by atoms with Crippen LogP contribution < -0.4 is 0 Å². The van der Waals surface area contributed by atoms with E-state index in [0.717, 1.165) is 24.0 Å². The van der Waals surface area contributed by atoms with Crippen molar-refractivity contribution in [3.63, 3.8) is 0 Å². The zero-order valence-corrected chi connectivity index (χ0v) is 14.3. The standard InChI is InChI=1S/C17H16Cl2F2N2O/c18-12-5-4-11(14(19)8-12)9-23-16-10(6-7-24)2-1-3-13(16)15(22-23)17(20)21/h4-6,8,17,24H,1-3,7,9H2/b10-6+. The molecule has 1 N–H and O–H groups in total. The Labute approximate surface area is 148 Å². The van der Waals surface area contributed by atoms with Gasteiger partial charge in [0.15, 0.2) is 0 Å². The fourth-order valence-corrected chi connectivity index (χ4v) is 3.58. The molecule has 0 bridgehead atoms. The number of aliphatic hydroxyl groups is 1. The first kappa shape index (κ1) is 17.4. The van der Waals surface area contributed by atoms with E-state index < -0.39 is 6.43 Å². The minimum Gasteiger partial charge on any atom is -0.392 e. The van der Waals surface area contributed by atoms with Gasteiger partial charge in [-0.3, -0.25) is 4.68 Å². The number of aliphatic hydroxyl groups excluding tert-OH is 1. The van der Waals surface area contributed by atoms with Crippen molar-refractivity contribution in [2.24, 2.45) is 0 Å². The maximum atomic E-state index is 13.4. The number of halogens is 4. The largest absolute Gasteiger partial charge is 0.392 e. The van der Waals surface area contributed by atoms with Gasteiger partial charge in [0, 0.05) is 15.6 Å². The van der Waals surface area contributed by atoms with Gasteiger partial charge in [0.2, 0.25) is 0 Å². The van der Waals surface area contributed by atoms with Crippen molar-refractivity contribution < 1.29 is 13.9 Å². The van der Waals surface area contributed by atoms with Crippen LogP contribution in [0.15, 0.2) is 24.3 Å². The number of alkyl halides is 2. The summed E-state index contributed by atoms with van der Waals surface area (Å²) in [7, 11) is 0. The molecule has 7 heteroatoms. The lowest BCUT2D eigenvalue weighted by Crippen LogP contribution is -2.10. The number of fused-ring (bicyclic) bond motifs is 1. The monoisotopic (exact) mass is 372 g/mol. The first-order chi connectivity index (χ1) is 11.5. The summed E-state index contributed by atoms with van der Waals surface area (Å²) in [5.41, 5.74) is 2.67. The Morgan fingerprint density at radius 1 is 1.29 bits per heavy atom. The predicted molar refractivity (Wildman–Crippen MR) is 90.7 cm³/mol. The first-order valence-electron chi connectivity index (χ1n) is 7.63. The fourth-order valence-electron chi connectivity index (χ4n) is 3.11. The van der Waals surface area contributed by atoms with Crippen LogP contribution >= 0.6 is 23.2 Å². The van der Waals surface area contributed by atoms with Crippen LogP contribution in [0.3, 0.4) is 0 Å². The zero-order chi connectivity index (χ0) is 17.3. The maximum absolute atomic E-state index is 13.4. The molecule has 0 fully saturated rings. The Hall–Kier alpha value is -1.43. The smallest absolute Gasteiger partial charge is 0.282 e. The van der Waals surface area contributed by atoms with E-state index in [1.54, 1.807) is 29.0 Å². The van der Waals surface area contributed by atoms with E-state index in [1.807, 2.05) is 0 Å². The van der Waals surface area contributed by atoms with Gasteiger partial charge in [-0.1, -0.05) is 35.3 Å². The molecule has 128 valence electrons. The van der Waals surface area contributed by atoms with Crippen molar-refractivity contribution in [1.82, 2.24) is 9.78 Å². The average Bonchev–Trinajstić information content (AvgIpc) is 2.90. The molecule has 0 unspecified atom stereocenters. The quantitative estimate of drug-likeness (QED) is 0.829. The van der Waals surface area contributed by atoms with Crippen molar-refractivity contribution in [3.05, 3.63) is 56.8 Å². The van der Waals surface area contributed by atoms with Gasteiger partial charge in [-0.15, -0.1) is 0 Å². The van der Waals surface area contributed by atoms with E-state index in [9.17, 15) is 13.9 Å². The van der Waals surface area contributed by atoms with E-state index in [1.165, 1.54) is 0 Å². The van der Waals surface area contributed by atoms with Crippen LogP contribution in [-0.2, 0) is 13.0 Å². The summed E-state index contributed by atoms with van der Waals surface area (Å²) < 4.78 is 28.3. The molecule has 1 heterocycles. The lowest BCUT2D eigenvalue weighted by molar-refractivity contribution is 0.144. The van der Waals surface area contributed by atoms with Crippen LogP contribution in [0.5, 0.6) is 0 Å². The van der Waals surface area contributed by atoms with E-state index in [2.05, 4.69) is 5.10 Å². The summed E-state index contributed by atoms with van der Waals surface area (Å²) in [5, 5.41) is 14.3. The van der Waals surface area contributed by atoms with Gasteiger partial charge in [-0.05, 0) is 42.5 Å². The number of aromatic nitrogens is 2. The molecule has 0 aliphatic heterocycles. The van der Waals surface area contributed by atoms with Gasteiger partial charge in [-0.25, -0.2) is 8.78 Å². The minimum atomic E-state index is -2.63. The molecule has 2 aromatic rings. The summed E-state index contributed by atoms with van der Waals surface area (Å²) in [6, 6.07) is 5.09. The molecule has 0 saturated heterocycles. The van der Waals surface area contributed by atoms with Crippen LogP contribution in [0.1, 0.15) is 41.8 Å². The third-order valence-corrected chi connectivity index (χ3v) is 4.73. The lowest BCUT2D eigenvalue weighted by Gasteiger charge is -2.18.